The molecular weight excluding hydrogens is 269 g/mol. The molecule has 1 fully saturated rings. The van der Waals surface area contributed by atoms with E-state index in [1.807, 2.05) is 0 Å². The van der Waals surface area contributed by atoms with Crippen molar-refractivity contribution >= 4 is 11.6 Å². The van der Waals surface area contributed by atoms with Crippen LogP contribution in [0, 0.1) is 18.7 Å². The normalized spacial score (nSPS) is 23.0. The van der Waals surface area contributed by atoms with E-state index in [1.54, 1.807) is 19.1 Å². The van der Waals surface area contributed by atoms with Gasteiger partial charge in [-0.3, -0.25) is 9.69 Å². The second-order valence-electron chi connectivity index (χ2n) is 5.91. The second-order valence-corrected chi connectivity index (χ2v) is 5.91. The third kappa shape index (κ3) is 4.02. The van der Waals surface area contributed by atoms with Crippen LogP contribution in [0.15, 0.2) is 18.2 Å². The molecule has 1 aliphatic heterocycles. The zero-order chi connectivity index (χ0) is 15.4. The van der Waals surface area contributed by atoms with Crippen LogP contribution in [0.2, 0.25) is 0 Å². The Labute approximate surface area is 125 Å². The lowest BCUT2D eigenvalue weighted by Gasteiger charge is -2.38. The predicted octanol–water partition coefficient (Wildman–Crippen LogP) is 2.13. The highest BCUT2D eigenvalue weighted by atomic mass is 19.1. The van der Waals surface area contributed by atoms with Gasteiger partial charge in [0.05, 0.1) is 6.54 Å². The molecular formula is C16H24FN3O. The third-order valence-electron chi connectivity index (χ3n) is 4.27. The first-order chi connectivity index (χ1) is 10.0. The molecule has 0 bridgehead atoms. The minimum atomic E-state index is -0.306. The molecule has 5 heteroatoms. The second kappa shape index (κ2) is 7.00. The van der Waals surface area contributed by atoms with Gasteiger partial charge in [-0.25, -0.2) is 4.39 Å². The van der Waals surface area contributed by atoms with Crippen molar-refractivity contribution in [1.82, 2.24) is 4.90 Å². The molecule has 1 amide bonds. The van der Waals surface area contributed by atoms with Gasteiger partial charge in [-0.1, -0.05) is 13.0 Å². The first kappa shape index (κ1) is 15.9. The van der Waals surface area contributed by atoms with Gasteiger partial charge in [0, 0.05) is 18.3 Å². The van der Waals surface area contributed by atoms with Crippen molar-refractivity contribution in [3.8, 4) is 0 Å². The highest BCUT2D eigenvalue weighted by molar-refractivity contribution is 5.92. The maximum atomic E-state index is 13.5. The van der Waals surface area contributed by atoms with Gasteiger partial charge < -0.3 is 11.1 Å². The number of nitrogens with zero attached hydrogens (tertiary/aromatic N) is 1. The van der Waals surface area contributed by atoms with Crippen molar-refractivity contribution in [2.75, 3.05) is 25.0 Å². The predicted molar refractivity (Wildman–Crippen MR) is 82.6 cm³/mol. The Morgan fingerprint density at radius 1 is 1.52 bits per heavy atom. The summed E-state index contributed by atoms with van der Waals surface area (Å²) in [5.74, 6) is 0.0819. The van der Waals surface area contributed by atoms with Crippen molar-refractivity contribution in [2.24, 2.45) is 11.7 Å². The fraction of sp³-hybridized carbons (Fsp3) is 0.562. The number of piperidine rings is 1. The summed E-state index contributed by atoms with van der Waals surface area (Å²) >= 11 is 0. The maximum Gasteiger partial charge on any atom is 0.238 e. The number of carbonyl (C=O) groups excluding carboxylic acids is 1. The Morgan fingerprint density at radius 2 is 2.29 bits per heavy atom. The summed E-state index contributed by atoms with van der Waals surface area (Å²) in [4.78, 5) is 14.3. The minimum absolute atomic E-state index is 0.120. The largest absolute Gasteiger partial charge is 0.329 e. The molecule has 116 valence electrons. The average molecular weight is 293 g/mol. The Morgan fingerprint density at radius 3 is 2.95 bits per heavy atom. The Kier molecular flexibility index (Phi) is 5.31. The molecule has 1 saturated heterocycles. The molecule has 0 saturated carbocycles. The number of hydrogen-bond donors (Lipinski definition) is 2. The fourth-order valence-corrected chi connectivity index (χ4v) is 2.97. The van der Waals surface area contributed by atoms with Crippen molar-refractivity contribution in [1.29, 1.82) is 0 Å². The molecule has 0 radical (unpaired) electrons. The van der Waals surface area contributed by atoms with Gasteiger partial charge >= 0.3 is 0 Å². The van der Waals surface area contributed by atoms with Crippen molar-refractivity contribution in [3.05, 3.63) is 29.6 Å². The van der Waals surface area contributed by atoms with Gasteiger partial charge in [0.1, 0.15) is 5.82 Å². The SMILES string of the molecule is Cc1ccc(NC(=O)CN2CCCC(C)C2CN)cc1F. The third-order valence-corrected chi connectivity index (χ3v) is 4.27. The molecule has 2 atom stereocenters. The van der Waals surface area contributed by atoms with Crippen LogP contribution in [0.5, 0.6) is 0 Å². The summed E-state index contributed by atoms with van der Waals surface area (Å²) in [6.45, 7) is 5.63. The van der Waals surface area contributed by atoms with Crippen LogP contribution in [0.3, 0.4) is 0 Å². The van der Waals surface area contributed by atoms with Crippen molar-refractivity contribution in [2.45, 2.75) is 32.7 Å². The van der Waals surface area contributed by atoms with Gasteiger partial charge in [-0.2, -0.15) is 0 Å². The molecule has 0 spiro atoms. The van der Waals surface area contributed by atoms with Gasteiger partial charge in [0.15, 0.2) is 0 Å². The Bertz CT molecular complexity index is 506. The lowest BCUT2D eigenvalue weighted by atomic mass is 9.91. The lowest BCUT2D eigenvalue weighted by Crippen LogP contribution is -2.51. The number of aryl methyl sites for hydroxylation is 1. The topological polar surface area (TPSA) is 58.4 Å². The van der Waals surface area contributed by atoms with E-state index in [2.05, 4.69) is 17.1 Å². The van der Waals surface area contributed by atoms with Crippen LogP contribution in [-0.2, 0) is 4.79 Å². The number of halogens is 1. The molecule has 0 aliphatic carbocycles. The van der Waals surface area contributed by atoms with E-state index < -0.39 is 0 Å². The van der Waals surface area contributed by atoms with E-state index in [4.69, 9.17) is 5.73 Å². The fourth-order valence-electron chi connectivity index (χ4n) is 2.97. The maximum absolute atomic E-state index is 13.5. The van der Waals surface area contributed by atoms with E-state index in [1.165, 1.54) is 6.07 Å². The summed E-state index contributed by atoms with van der Waals surface area (Å²) in [7, 11) is 0. The number of hydrogen-bond acceptors (Lipinski definition) is 3. The summed E-state index contributed by atoms with van der Waals surface area (Å²) in [5, 5.41) is 2.76. The van der Waals surface area contributed by atoms with Crippen LogP contribution in [-0.4, -0.2) is 36.5 Å². The van der Waals surface area contributed by atoms with Crippen LogP contribution < -0.4 is 11.1 Å². The van der Waals surface area contributed by atoms with Gasteiger partial charge in [0.2, 0.25) is 5.91 Å². The number of nitrogens with one attached hydrogen (secondary N) is 1. The number of amides is 1. The van der Waals surface area contributed by atoms with E-state index in [0.29, 0.717) is 30.3 Å². The van der Waals surface area contributed by atoms with Crippen molar-refractivity contribution in [3.63, 3.8) is 0 Å². The molecule has 0 aromatic heterocycles. The minimum Gasteiger partial charge on any atom is -0.329 e. The molecule has 3 N–H and O–H groups in total. The molecule has 21 heavy (non-hydrogen) atoms. The van der Waals surface area contributed by atoms with E-state index in [-0.39, 0.29) is 17.8 Å². The Hall–Kier alpha value is -1.46. The molecule has 2 unspecified atom stereocenters. The average Bonchev–Trinajstić information content (AvgIpc) is 2.43. The quantitative estimate of drug-likeness (QED) is 0.894. The molecule has 1 aliphatic rings. The summed E-state index contributed by atoms with van der Waals surface area (Å²) in [6.07, 6.45) is 2.24. The van der Waals surface area contributed by atoms with E-state index in [0.717, 1.165) is 19.4 Å². The number of carbonyl (C=O) groups is 1. The highest BCUT2D eigenvalue weighted by Gasteiger charge is 2.28. The number of nitrogens with two attached hydrogens (primary N) is 1. The summed E-state index contributed by atoms with van der Waals surface area (Å²) in [6, 6.07) is 4.98. The first-order valence-corrected chi connectivity index (χ1v) is 7.51. The summed E-state index contributed by atoms with van der Waals surface area (Å²) < 4.78 is 13.5. The summed E-state index contributed by atoms with van der Waals surface area (Å²) in [5.41, 5.74) is 6.89. The smallest absolute Gasteiger partial charge is 0.238 e. The van der Waals surface area contributed by atoms with Crippen LogP contribution in [0.25, 0.3) is 0 Å². The molecule has 1 aromatic carbocycles. The highest BCUT2D eigenvalue weighted by Crippen LogP contribution is 2.22. The zero-order valence-corrected chi connectivity index (χ0v) is 12.7. The molecule has 1 aromatic rings. The first-order valence-electron chi connectivity index (χ1n) is 7.51. The lowest BCUT2D eigenvalue weighted by molar-refractivity contribution is -0.118. The van der Waals surface area contributed by atoms with Crippen LogP contribution in [0.1, 0.15) is 25.3 Å². The van der Waals surface area contributed by atoms with Crippen LogP contribution in [0.4, 0.5) is 10.1 Å². The van der Waals surface area contributed by atoms with Crippen LogP contribution >= 0.6 is 0 Å². The molecule has 4 nitrogen and oxygen atoms in total. The number of likely N-dealkylation sites (tertiary alicyclic amines) is 1. The number of rotatable bonds is 4. The Balaban J connectivity index is 1.95. The van der Waals surface area contributed by atoms with Gasteiger partial charge in [-0.15, -0.1) is 0 Å². The standard InChI is InChI=1S/C16H24FN3O/c1-11-5-6-13(8-14(11)17)19-16(21)10-20-7-3-4-12(2)15(20)9-18/h5-6,8,12,15H,3-4,7,9-10,18H2,1-2H3,(H,19,21). The number of anilines is 1. The van der Waals surface area contributed by atoms with Gasteiger partial charge in [0.25, 0.3) is 0 Å². The van der Waals surface area contributed by atoms with Gasteiger partial charge in [-0.05, 0) is 49.9 Å². The number of benzene rings is 1. The van der Waals surface area contributed by atoms with Crippen molar-refractivity contribution < 1.29 is 9.18 Å². The monoisotopic (exact) mass is 293 g/mol. The molecule has 1 heterocycles. The van der Waals surface area contributed by atoms with E-state index >= 15 is 0 Å². The molecule has 2 rings (SSSR count). The zero-order valence-electron chi connectivity index (χ0n) is 12.7. The van der Waals surface area contributed by atoms with E-state index in [9.17, 15) is 9.18 Å².